The number of hydrogen-bond acceptors (Lipinski definition) is 0. The quantitative estimate of drug-likeness (QED) is 0.107. The Morgan fingerprint density at radius 2 is 0.711 bits per heavy atom. The molecule has 4 aliphatic heterocycles. The third-order valence-corrected chi connectivity index (χ3v) is 18.3. The van der Waals surface area contributed by atoms with Gasteiger partial charge in [0.05, 0.1) is 59.0 Å². The Bertz CT molecular complexity index is 5040. The van der Waals surface area contributed by atoms with Gasteiger partial charge >= 0.3 is 0 Å². The lowest BCUT2D eigenvalue weighted by molar-refractivity contribution is -0.749. The number of benzene rings is 8. The molecule has 4 aromatic heterocycles. The summed E-state index contributed by atoms with van der Waals surface area (Å²) in [6, 6.07) is 34.9. The lowest BCUT2D eigenvalue weighted by atomic mass is 9.97. The highest BCUT2D eigenvalue weighted by atomic mass is 15.4. The van der Waals surface area contributed by atoms with Crippen molar-refractivity contribution in [3.8, 4) is 22.7 Å². The Labute approximate surface area is 483 Å². The second kappa shape index (κ2) is 19.4. The Balaban J connectivity index is 0.000000104. The average Bonchev–Trinajstić information content (AvgIpc) is 2.77. The molecule has 0 aliphatic carbocycles. The van der Waals surface area contributed by atoms with Gasteiger partial charge in [-0.25, -0.2) is 19.4 Å². The van der Waals surface area contributed by atoms with Crippen LogP contribution in [0.25, 0.3) is 85.7 Å². The predicted molar refractivity (Wildman–Crippen MR) is 327 cm³/mol. The monoisotopic (exact) mass is 1080 g/mol. The average molecular weight is 1080 g/mol. The Morgan fingerprint density at radius 1 is 0.325 bits per heavy atom. The highest BCUT2D eigenvalue weighted by Crippen LogP contribution is 2.39. The van der Waals surface area contributed by atoms with Gasteiger partial charge in [-0.2, -0.15) is 0 Å². The van der Waals surface area contributed by atoms with Gasteiger partial charge in [0.2, 0.25) is 47.5 Å². The van der Waals surface area contributed by atoms with Crippen molar-refractivity contribution in [2.45, 2.75) is 102 Å². The van der Waals surface area contributed by atoms with Crippen LogP contribution >= 0.6 is 0 Å². The van der Waals surface area contributed by atoms with E-state index in [1.165, 1.54) is 106 Å². The van der Waals surface area contributed by atoms with E-state index in [2.05, 4.69) is 212 Å². The summed E-state index contributed by atoms with van der Waals surface area (Å²) in [7, 11) is 0. The maximum absolute atomic E-state index is 7.45. The summed E-state index contributed by atoms with van der Waals surface area (Å²) in [5, 5.41) is 4.52. The smallest absolute Gasteiger partial charge is 0.217 e. The fraction of sp³-hybridized carbons (Fsp3) is 0.211. The van der Waals surface area contributed by atoms with E-state index in [0.29, 0.717) is 0 Å². The summed E-state index contributed by atoms with van der Waals surface area (Å²) in [5.41, 5.74) is 32.0. The van der Waals surface area contributed by atoms with Crippen LogP contribution in [0.1, 0.15) is 83.5 Å². The van der Waals surface area contributed by atoms with Crippen molar-refractivity contribution >= 4 is 66.4 Å². The number of aryl methyl sites for hydroxylation is 5. The molecule has 12 aromatic rings. The van der Waals surface area contributed by atoms with Crippen LogP contribution in [0.15, 0.2) is 128 Å². The van der Waals surface area contributed by atoms with Gasteiger partial charge in [-0.15, -0.1) is 37.5 Å². The molecule has 12 heteroatoms. The van der Waals surface area contributed by atoms with Gasteiger partial charge in [0, 0.05) is 11.1 Å². The molecule has 83 heavy (non-hydrogen) atoms. The molecule has 0 fully saturated rings. The molecule has 0 saturated heterocycles. The van der Waals surface area contributed by atoms with E-state index < -0.39 is 0 Å². The second-order valence-electron chi connectivity index (χ2n) is 22.8. The first-order valence-electron chi connectivity index (χ1n) is 28.1. The van der Waals surface area contributed by atoms with E-state index >= 15 is 0 Å². The van der Waals surface area contributed by atoms with E-state index in [0.717, 1.165) is 92.5 Å². The van der Waals surface area contributed by atoms with E-state index in [4.69, 9.17) is 26.3 Å². The van der Waals surface area contributed by atoms with Gasteiger partial charge in [-0.05, 0) is 180 Å². The molecule has 8 aromatic carbocycles. The maximum Gasteiger partial charge on any atom is 0.217 e. The number of fused-ring (bicyclic) bond motifs is 20. The van der Waals surface area contributed by atoms with Crippen LogP contribution < -0.4 is 18.7 Å². The number of para-hydroxylation sites is 4. The first kappa shape index (κ1) is 52.0. The molecule has 0 amide bonds. The van der Waals surface area contributed by atoms with Crippen LogP contribution in [0.3, 0.4) is 0 Å². The number of nitrogens with zero attached hydrogens (tertiary/aromatic N) is 12. The van der Waals surface area contributed by atoms with Crippen molar-refractivity contribution in [3.05, 3.63) is 257 Å². The number of aromatic nitrogens is 8. The molecule has 402 valence electrons. The zero-order chi connectivity index (χ0) is 58.0. The summed E-state index contributed by atoms with van der Waals surface area (Å²) in [6.45, 7) is 57.1. The highest BCUT2D eigenvalue weighted by Gasteiger charge is 2.36. The lowest BCUT2D eigenvalue weighted by Gasteiger charge is -2.09. The zero-order valence-electron chi connectivity index (χ0n) is 48.8. The van der Waals surface area contributed by atoms with E-state index in [1.807, 2.05) is 48.5 Å². The molecule has 16 rings (SSSR count). The standard InChI is InChI=1S/3C18H16N3.C17H14N3/c1-11-8-17-15(13(3)12(11)2)10-20-9-14-6-5-7-16(19-4)18(14)21(17)20;1-11-8-15-10-20-9-14-6-5-7-16(19-4)18(14)21(20)17(15)13(3)12(11)2;1-11-8-12(2)15-10-20-9-14-6-5-7-16(19-4)18(14)21(20)17(15)13(11)3;1-11-7-8-14-10-19-9-13-5-4-6-15(18-3)17(13)20(19)16(14)12(11)2/h3*5-9H,10H2,1-3H3;4-9H,10H2,1-2H3/q4*+1. The maximum atomic E-state index is 7.45. The minimum Gasteiger partial charge on any atom is -0.236 e. The first-order chi connectivity index (χ1) is 40.0. The number of hydrogen-bond donors (Lipinski definition) is 0. The van der Waals surface area contributed by atoms with Gasteiger partial charge < -0.3 is 0 Å². The summed E-state index contributed by atoms with van der Waals surface area (Å²) in [4.78, 5) is 14.8. The minimum absolute atomic E-state index is 0.718. The molecular formula is C71H62N12+4. The summed E-state index contributed by atoms with van der Waals surface area (Å²) < 4.78 is 17.7. The van der Waals surface area contributed by atoms with Crippen molar-refractivity contribution < 1.29 is 18.7 Å². The summed E-state index contributed by atoms with van der Waals surface area (Å²) in [6.07, 6.45) is 8.58. The second-order valence-corrected chi connectivity index (χ2v) is 22.8. The topological polar surface area (TPSA) is 52.7 Å². The van der Waals surface area contributed by atoms with Gasteiger partial charge in [0.25, 0.3) is 0 Å². The molecule has 0 unspecified atom stereocenters. The molecule has 0 spiro atoms. The normalized spacial score (nSPS) is 12.3. The molecule has 0 bridgehead atoms. The minimum atomic E-state index is 0.718. The summed E-state index contributed by atoms with van der Waals surface area (Å²) in [5.74, 6) is 0. The van der Waals surface area contributed by atoms with Crippen molar-refractivity contribution in [1.82, 2.24) is 18.7 Å². The van der Waals surface area contributed by atoms with E-state index in [1.54, 1.807) is 0 Å². The van der Waals surface area contributed by atoms with Crippen molar-refractivity contribution in [2.75, 3.05) is 0 Å². The first-order valence-corrected chi connectivity index (χ1v) is 28.1. The molecule has 12 nitrogen and oxygen atoms in total. The Hall–Kier alpha value is -10.4. The van der Waals surface area contributed by atoms with Crippen molar-refractivity contribution in [2.24, 2.45) is 0 Å². The van der Waals surface area contributed by atoms with Gasteiger partial charge in [-0.3, -0.25) is 0 Å². The molecule has 8 heterocycles. The fourth-order valence-electron chi connectivity index (χ4n) is 13.4. The van der Waals surface area contributed by atoms with Crippen LogP contribution in [-0.4, -0.2) is 18.7 Å². The van der Waals surface area contributed by atoms with E-state index in [-0.39, 0.29) is 0 Å². The van der Waals surface area contributed by atoms with Gasteiger partial charge in [0.15, 0.2) is 26.2 Å². The van der Waals surface area contributed by atoms with Gasteiger partial charge in [-0.1, -0.05) is 60.7 Å². The Morgan fingerprint density at radius 3 is 1.22 bits per heavy atom. The molecular weight excluding hydrogens is 1020 g/mol. The molecule has 0 radical (unpaired) electrons. The van der Waals surface area contributed by atoms with Crippen LogP contribution in [0.5, 0.6) is 0 Å². The lowest BCUT2D eigenvalue weighted by Crippen LogP contribution is -2.36. The predicted octanol–water partition coefficient (Wildman–Crippen LogP) is 14.7. The van der Waals surface area contributed by atoms with Crippen LogP contribution in [0.2, 0.25) is 0 Å². The van der Waals surface area contributed by atoms with Crippen molar-refractivity contribution in [1.29, 1.82) is 0 Å². The van der Waals surface area contributed by atoms with E-state index in [9.17, 15) is 0 Å². The molecule has 0 N–H and O–H groups in total. The van der Waals surface area contributed by atoms with Crippen LogP contribution in [0, 0.1) is 102 Å². The SMILES string of the molecule is [C-]#[N+]c1cccc2c[n+]3n(c12)-c1c(C)c(C)cc(C)c1C3.[C-]#[N+]c1cccc2c[n+]3n(c12)-c1c(cc(C)c(C)c1C)C3.[C-]#[N+]c1cccc2c[n+]3n(c12)-c1c(ccc(C)c1C)C3.[C-]#[N+]c1cccc2c[n+]3n(c12)-c1cc(C)c(C)c(C)c1C3. The van der Waals surface area contributed by atoms with Gasteiger partial charge in [0.1, 0.15) is 44.8 Å². The fourth-order valence-corrected chi connectivity index (χ4v) is 13.4. The number of rotatable bonds is 0. The third-order valence-electron chi connectivity index (χ3n) is 18.3. The summed E-state index contributed by atoms with van der Waals surface area (Å²) >= 11 is 0. The van der Waals surface area contributed by atoms with Crippen molar-refractivity contribution in [3.63, 3.8) is 0 Å². The molecule has 0 saturated carbocycles. The highest BCUT2D eigenvalue weighted by molar-refractivity contribution is 5.95. The zero-order valence-corrected chi connectivity index (χ0v) is 48.8. The van der Waals surface area contributed by atoms with Crippen LogP contribution in [0.4, 0.5) is 22.7 Å². The Kier molecular flexibility index (Phi) is 12.2. The third kappa shape index (κ3) is 7.82. The molecule has 0 atom stereocenters. The van der Waals surface area contributed by atoms with Crippen LogP contribution in [-0.2, 0) is 26.2 Å². The molecule has 4 aliphatic rings. The largest absolute Gasteiger partial charge is 0.236 e.